The van der Waals surface area contributed by atoms with E-state index in [1.165, 1.54) is 0 Å². The fourth-order valence-corrected chi connectivity index (χ4v) is 2.60. The molecule has 0 aliphatic carbocycles. The molecule has 140 valence electrons. The molecule has 0 aliphatic rings. The molecule has 0 fully saturated rings. The van der Waals surface area contributed by atoms with Gasteiger partial charge in [-0.2, -0.15) is 5.26 Å². The van der Waals surface area contributed by atoms with Gasteiger partial charge in [-0.1, -0.05) is 74.5 Å². The molecule has 0 aromatic heterocycles. The first-order valence-electron chi connectivity index (χ1n) is 8.86. The van der Waals surface area contributed by atoms with Gasteiger partial charge in [0.05, 0.1) is 6.07 Å². The first-order valence-corrected chi connectivity index (χ1v) is 8.86. The average molecular weight is 364 g/mol. The minimum atomic E-state index is -1.01. The number of carbonyl (C=O) groups is 2. The van der Waals surface area contributed by atoms with E-state index in [9.17, 15) is 14.9 Å². The Labute approximate surface area is 160 Å². The van der Waals surface area contributed by atoms with Crippen LogP contribution in [0.3, 0.4) is 0 Å². The Kier molecular flexibility index (Phi) is 6.73. The minimum Gasteiger partial charge on any atom is -0.455 e. The first-order chi connectivity index (χ1) is 12.9. The van der Waals surface area contributed by atoms with E-state index in [4.69, 9.17) is 4.74 Å². The summed E-state index contributed by atoms with van der Waals surface area (Å²) >= 11 is 0. The monoisotopic (exact) mass is 364 g/mol. The standard InChI is InChI=1S/C22H24N2O3/c1-16(2)22(3,15-23)24-19(25)14-27-21(26)20(17-10-6-4-7-11-17)18-12-8-5-9-13-18/h4-13,16,20H,14H2,1-3H3,(H,24,25)/t22-/m1/s1. The average Bonchev–Trinajstić information content (AvgIpc) is 2.68. The third-order valence-electron chi connectivity index (χ3n) is 4.63. The van der Waals surface area contributed by atoms with Crippen LogP contribution in [0.25, 0.3) is 0 Å². The van der Waals surface area contributed by atoms with Crippen molar-refractivity contribution in [3.05, 3.63) is 71.8 Å². The molecule has 0 aliphatic heterocycles. The number of carbonyl (C=O) groups excluding carboxylic acids is 2. The Morgan fingerprint density at radius 1 is 1.04 bits per heavy atom. The van der Waals surface area contributed by atoms with Gasteiger partial charge in [-0.05, 0) is 24.0 Å². The minimum absolute atomic E-state index is 0.0801. The summed E-state index contributed by atoms with van der Waals surface area (Å²) in [5.41, 5.74) is 0.568. The van der Waals surface area contributed by atoms with Crippen molar-refractivity contribution in [2.24, 2.45) is 5.92 Å². The molecule has 1 atom stereocenters. The zero-order chi connectivity index (χ0) is 19.9. The predicted octanol–water partition coefficient (Wildman–Crippen LogP) is 3.42. The Balaban J connectivity index is 2.11. The van der Waals surface area contributed by atoms with Gasteiger partial charge in [0, 0.05) is 0 Å². The van der Waals surface area contributed by atoms with E-state index >= 15 is 0 Å². The molecule has 0 radical (unpaired) electrons. The highest BCUT2D eigenvalue weighted by Crippen LogP contribution is 2.26. The zero-order valence-corrected chi connectivity index (χ0v) is 15.8. The molecule has 0 spiro atoms. The topological polar surface area (TPSA) is 79.2 Å². The summed E-state index contributed by atoms with van der Waals surface area (Å²) in [6.07, 6.45) is 0. The second-order valence-corrected chi connectivity index (χ2v) is 6.88. The van der Waals surface area contributed by atoms with E-state index in [0.717, 1.165) is 11.1 Å². The van der Waals surface area contributed by atoms with Crippen LogP contribution >= 0.6 is 0 Å². The molecule has 5 nitrogen and oxygen atoms in total. The van der Waals surface area contributed by atoms with Gasteiger partial charge in [0.15, 0.2) is 6.61 Å². The lowest BCUT2D eigenvalue weighted by Gasteiger charge is -2.27. The van der Waals surface area contributed by atoms with E-state index in [1.807, 2.05) is 74.5 Å². The van der Waals surface area contributed by atoms with Crippen molar-refractivity contribution in [1.29, 1.82) is 5.26 Å². The number of amides is 1. The first kappa shape index (κ1) is 20.2. The second-order valence-electron chi connectivity index (χ2n) is 6.88. The molecule has 0 saturated carbocycles. The molecule has 0 saturated heterocycles. The Morgan fingerprint density at radius 3 is 1.93 bits per heavy atom. The maximum Gasteiger partial charge on any atom is 0.318 e. The number of hydrogen-bond acceptors (Lipinski definition) is 4. The van der Waals surface area contributed by atoms with Gasteiger partial charge in [0.1, 0.15) is 11.5 Å². The van der Waals surface area contributed by atoms with Crippen LogP contribution < -0.4 is 5.32 Å². The van der Waals surface area contributed by atoms with Crippen LogP contribution in [-0.4, -0.2) is 24.0 Å². The Morgan fingerprint density at radius 2 is 1.52 bits per heavy atom. The summed E-state index contributed by atoms with van der Waals surface area (Å²) in [5.74, 6) is -1.71. The molecule has 0 bridgehead atoms. The molecular weight excluding hydrogens is 340 g/mol. The van der Waals surface area contributed by atoms with E-state index in [2.05, 4.69) is 11.4 Å². The number of ether oxygens (including phenoxy) is 1. The van der Waals surface area contributed by atoms with Crippen LogP contribution in [0.5, 0.6) is 0 Å². The maximum absolute atomic E-state index is 12.8. The van der Waals surface area contributed by atoms with Gasteiger partial charge in [-0.25, -0.2) is 0 Å². The van der Waals surface area contributed by atoms with Gasteiger partial charge in [-0.3, -0.25) is 9.59 Å². The zero-order valence-electron chi connectivity index (χ0n) is 15.8. The van der Waals surface area contributed by atoms with Crippen LogP contribution in [0.15, 0.2) is 60.7 Å². The molecular formula is C22H24N2O3. The number of esters is 1. The number of nitrogens with one attached hydrogen (secondary N) is 1. The van der Waals surface area contributed by atoms with E-state index in [-0.39, 0.29) is 5.92 Å². The van der Waals surface area contributed by atoms with Crippen molar-refractivity contribution < 1.29 is 14.3 Å². The number of rotatable bonds is 7. The lowest BCUT2D eigenvalue weighted by atomic mass is 9.90. The van der Waals surface area contributed by atoms with Crippen molar-refractivity contribution in [2.75, 3.05) is 6.61 Å². The molecule has 27 heavy (non-hydrogen) atoms. The van der Waals surface area contributed by atoms with Gasteiger partial charge >= 0.3 is 5.97 Å². The van der Waals surface area contributed by atoms with E-state index in [1.54, 1.807) is 6.92 Å². The maximum atomic E-state index is 12.8. The van der Waals surface area contributed by atoms with Crippen LogP contribution in [0.2, 0.25) is 0 Å². The quantitative estimate of drug-likeness (QED) is 0.764. The molecule has 0 heterocycles. The smallest absolute Gasteiger partial charge is 0.318 e. The molecule has 0 unspecified atom stereocenters. The number of benzene rings is 2. The fraction of sp³-hybridized carbons (Fsp3) is 0.318. The third-order valence-corrected chi connectivity index (χ3v) is 4.63. The van der Waals surface area contributed by atoms with Gasteiger partial charge in [0.2, 0.25) is 0 Å². The number of nitrogens with zero attached hydrogens (tertiary/aromatic N) is 1. The van der Waals surface area contributed by atoms with Crippen molar-refractivity contribution in [3.8, 4) is 6.07 Å². The largest absolute Gasteiger partial charge is 0.455 e. The van der Waals surface area contributed by atoms with Gasteiger partial charge in [-0.15, -0.1) is 0 Å². The number of hydrogen-bond donors (Lipinski definition) is 1. The summed E-state index contributed by atoms with van der Waals surface area (Å²) in [4.78, 5) is 24.9. The highest BCUT2D eigenvalue weighted by atomic mass is 16.5. The molecule has 2 aromatic rings. The normalized spacial score (nSPS) is 12.9. The van der Waals surface area contributed by atoms with Crippen molar-refractivity contribution in [2.45, 2.75) is 32.2 Å². The van der Waals surface area contributed by atoms with E-state index in [0.29, 0.717) is 0 Å². The summed E-state index contributed by atoms with van der Waals surface area (Å²) in [7, 11) is 0. The van der Waals surface area contributed by atoms with Crippen molar-refractivity contribution >= 4 is 11.9 Å². The molecule has 1 N–H and O–H groups in total. The van der Waals surface area contributed by atoms with Gasteiger partial charge in [0.25, 0.3) is 5.91 Å². The third kappa shape index (κ3) is 5.18. The number of nitriles is 1. The summed E-state index contributed by atoms with van der Waals surface area (Å²) in [6, 6.07) is 20.7. The lowest BCUT2D eigenvalue weighted by molar-refractivity contribution is -0.149. The second kappa shape index (κ2) is 9.00. The molecule has 5 heteroatoms. The van der Waals surface area contributed by atoms with Crippen LogP contribution in [0.1, 0.15) is 37.8 Å². The molecule has 2 aromatic carbocycles. The molecule has 1 amide bonds. The van der Waals surface area contributed by atoms with Crippen molar-refractivity contribution in [3.63, 3.8) is 0 Å². The highest BCUT2D eigenvalue weighted by Gasteiger charge is 2.31. The van der Waals surface area contributed by atoms with Crippen LogP contribution in [-0.2, 0) is 14.3 Å². The Bertz CT molecular complexity index is 773. The summed E-state index contributed by atoms with van der Waals surface area (Å²) in [6.45, 7) is 4.90. The van der Waals surface area contributed by atoms with Gasteiger partial charge < -0.3 is 10.1 Å². The summed E-state index contributed by atoms with van der Waals surface area (Å²) < 4.78 is 5.28. The predicted molar refractivity (Wildman–Crippen MR) is 103 cm³/mol. The summed E-state index contributed by atoms with van der Waals surface area (Å²) in [5, 5.41) is 11.9. The van der Waals surface area contributed by atoms with Crippen LogP contribution in [0.4, 0.5) is 0 Å². The van der Waals surface area contributed by atoms with Crippen LogP contribution in [0, 0.1) is 17.2 Å². The lowest BCUT2D eigenvalue weighted by Crippen LogP contribution is -2.50. The molecule has 2 rings (SSSR count). The fourth-order valence-electron chi connectivity index (χ4n) is 2.60. The van der Waals surface area contributed by atoms with E-state index < -0.39 is 29.9 Å². The Hall–Kier alpha value is -3.13. The SMILES string of the molecule is CC(C)[C@@](C)(C#N)NC(=O)COC(=O)C(c1ccccc1)c1ccccc1. The van der Waals surface area contributed by atoms with Crippen molar-refractivity contribution in [1.82, 2.24) is 5.32 Å². The highest BCUT2D eigenvalue weighted by molar-refractivity contribution is 5.86.